The van der Waals surface area contributed by atoms with Gasteiger partial charge in [-0.2, -0.15) is 5.26 Å². The molecule has 0 aromatic heterocycles. The Labute approximate surface area is 200 Å². The first-order valence-corrected chi connectivity index (χ1v) is 11.3. The number of piperazine rings is 1. The van der Waals surface area contributed by atoms with Crippen molar-refractivity contribution < 1.29 is 19.4 Å². The maximum atomic E-state index is 12.9. The summed E-state index contributed by atoms with van der Waals surface area (Å²) in [5, 5.41) is 19.4. The van der Waals surface area contributed by atoms with Crippen molar-refractivity contribution in [3.63, 3.8) is 0 Å². The summed E-state index contributed by atoms with van der Waals surface area (Å²) >= 11 is 6.18. The van der Waals surface area contributed by atoms with Gasteiger partial charge in [-0.25, -0.2) is 4.79 Å². The van der Waals surface area contributed by atoms with Gasteiger partial charge in [-0.3, -0.25) is 0 Å². The average Bonchev–Trinajstić information content (AvgIpc) is 2.77. The Hall–Kier alpha value is -2.95. The van der Waals surface area contributed by atoms with E-state index in [1.807, 2.05) is 45.0 Å². The van der Waals surface area contributed by atoms with Crippen LogP contribution in [0.4, 0.5) is 10.5 Å². The second-order valence-corrected chi connectivity index (χ2v) is 9.43. The lowest BCUT2D eigenvalue weighted by molar-refractivity contribution is 0.0119. The van der Waals surface area contributed by atoms with Gasteiger partial charge in [0, 0.05) is 36.8 Å². The van der Waals surface area contributed by atoms with E-state index in [1.165, 1.54) is 0 Å². The maximum absolute atomic E-state index is 12.9. The van der Waals surface area contributed by atoms with Gasteiger partial charge in [0.2, 0.25) is 0 Å². The average molecular weight is 472 g/mol. The highest BCUT2D eigenvalue weighted by Crippen LogP contribution is 2.26. The molecule has 0 bridgehead atoms. The molecule has 2 aromatic carbocycles. The fourth-order valence-corrected chi connectivity index (χ4v) is 3.94. The van der Waals surface area contributed by atoms with Crippen LogP contribution in [0.25, 0.3) is 0 Å². The van der Waals surface area contributed by atoms with Crippen LogP contribution in [0.15, 0.2) is 42.5 Å². The number of carbonyl (C=O) groups is 1. The first kappa shape index (κ1) is 24.7. The van der Waals surface area contributed by atoms with Gasteiger partial charge in [-0.1, -0.05) is 23.7 Å². The molecule has 33 heavy (non-hydrogen) atoms. The number of anilines is 1. The van der Waals surface area contributed by atoms with Crippen LogP contribution in [0.2, 0.25) is 5.02 Å². The SMILES string of the molecule is CC(C)(C)OC(=O)N1CCN(c2cccc(Cl)c2)C[C@@H]1CCOc1cc(CO)ccc1C#N. The Kier molecular flexibility index (Phi) is 8.06. The summed E-state index contributed by atoms with van der Waals surface area (Å²) in [6.07, 6.45) is 0.197. The third-order valence-electron chi connectivity index (χ3n) is 5.34. The fraction of sp³-hybridized carbons (Fsp3) is 0.440. The number of aliphatic hydroxyl groups is 1. The van der Waals surface area contributed by atoms with E-state index in [1.54, 1.807) is 23.1 Å². The van der Waals surface area contributed by atoms with Gasteiger partial charge in [0.1, 0.15) is 17.4 Å². The quantitative estimate of drug-likeness (QED) is 0.662. The third kappa shape index (κ3) is 6.77. The molecule has 0 spiro atoms. The van der Waals surface area contributed by atoms with Crippen LogP contribution in [-0.4, -0.2) is 54.0 Å². The molecule has 1 amide bonds. The van der Waals surface area contributed by atoms with Crippen molar-refractivity contribution in [3.8, 4) is 11.8 Å². The van der Waals surface area contributed by atoms with Crippen LogP contribution in [0.3, 0.4) is 0 Å². The van der Waals surface area contributed by atoms with Crippen LogP contribution in [0, 0.1) is 11.3 Å². The molecule has 1 N–H and O–H groups in total. The zero-order valence-electron chi connectivity index (χ0n) is 19.3. The van der Waals surface area contributed by atoms with Gasteiger partial charge < -0.3 is 24.4 Å². The Balaban J connectivity index is 1.74. The Bertz CT molecular complexity index is 1020. The first-order chi connectivity index (χ1) is 15.7. The summed E-state index contributed by atoms with van der Waals surface area (Å²) in [4.78, 5) is 16.8. The van der Waals surface area contributed by atoms with Gasteiger partial charge >= 0.3 is 6.09 Å². The fourth-order valence-electron chi connectivity index (χ4n) is 3.75. The molecular formula is C25H30ClN3O4. The number of nitriles is 1. The topological polar surface area (TPSA) is 86.0 Å². The summed E-state index contributed by atoms with van der Waals surface area (Å²) in [6.45, 7) is 7.49. The van der Waals surface area contributed by atoms with Gasteiger partial charge in [0.25, 0.3) is 0 Å². The smallest absolute Gasteiger partial charge is 0.410 e. The van der Waals surface area contributed by atoms with E-state index in [9.17, 15) is 15.2 Å². The van der Waals surface area contributed by atoms with Crippen LogP contribution >= 0.6 is 11.6 Å². The van der Waals surface area contributed by atoms with Crippen molar-refractivity contribution in [2.45, 2.75) is 45.4 Å². The minimum Gasteiger partial charge on any atom is -0.492 e. The molecule has 1 aliphatic rings. The third-order valence-corrected chi connectivity index (χ3v) is 5.58. The number of aliphatic hydroxyl groups excluding tert-OH is 1. The monoisotopic (exact) mass is 471 g/mol. The van der Waals surface area contributed by atoms with Gasteiger partial charge in [-0.05, 0) is 56.7 Å². The van der Waals surface area contributed by atoms with Gasteiger partial charge in [-0.15, -0.1) is 0 Å². The van der Waals surface area contributed by atoms with Crippen molar-refractivity contribution in [1.82, 2.24) is 4.90 Å². The molecule has 2 aromatic rings. The molecule has 0 unspecified atom stereocenters. The Morgan fingerprint density at radius 2 is 2.03 bits per heavy atom. The minimum atomic E-state index is -0.589. The van der Waals surface area contributed by atoms with E-state index in [-0.39, 0.29) is 18.7 Å². The summed E-state index contributed by atoms with van der Waals surface area (Å²) in [5.74, 6) is 0.426. The summed E-state index contributed by atoms with van der Waals surface area (Å²) in [7, 11) is 0. The molecule has 1 atom stereocenters. The predicted molar refractivity (Wildman–Crippen MR) is 128 cm³/mol. The number of rotatable bonds is 6. The molecule has 0 radical (unpaired) electrons. The molecule has 0 aliphatic carbocycles. The van der Waals surface area contributed by atoms with Crippen molar-refractivity contribution >= 4 is 23.4 Å². The second kappa shape index (κ2) is 10.8. The molecular weight excluding hydrogens is 442 g/mol. The molecule has 8 heteroatoms. The second-order valence-electron chi connectivity index (χ2n) is 8.99. The van der Waals surface area contributed by atoms with E-state index in [0.29, 0.717) is 54.6 Å². The maximum Gasteiger partial charge on any atom is 0.410 e. The molecule has 1 heterocycles. The lowest BCUT2D eigenvalue weighted by Gasteiger charge is -2.42. The number of amides is 1. The Morgan fingerprint density at radius 1 is 1.24 bits per heavy atom. The predicted octanol–water partition coefficient (Wildman–Crippen LogP) is 4.60. The standard InChI is InChI=1S/C25H30ClN3O4/c1-25(2,3)33-24(31)29-11-10-28(21-6-4-5-20(26)14-21)16-22(29)9-12-32-23-13-18(17-30)7-8-19(23)15-27/h4-8,13-14,22,30H,9-12,16-17H2,1-3H3/t22-/m0/s1. The van der Waals surface area contributed by atoms with E-state index in [0.717, 1.165) is 5.69 Å². The molecule has 0 saturated carbocycles. The number of benzene rings is 2. The lowest BCUT2D eigenvalue weighted by Crippen LogP contribution is -2.56. The molecule has 1 fully saturated rings. The van der Waals surface area contributed by atoms with Crippen molar-refractivity contribution in [3.05, 3.63) is 58.6 Å². The molecule has 1 saturated heterocycles. The molecule has 176 valence electrons. The highest BCUT2D eigenvalue weighted by Gasteiger charge is 2.33. The minimum absolute atomic E-state index is 0.133. The normalized spacial score (nSPS) is 16.3. The van der Waals surface area contributed by atoms with E-state index in [4.69, 9.17) is 21.1 Å². The van der Waals surface area contributed by atoms with Gasteiger partial charge in [0.05, 0.1) is 24.8 Å². The number of ether oxygens (including phenoxy) is 2. The van der Waals surface area contributed by atoms with E-state index in [2.05, 4.69) is 11.0 Å². The number of halogens is 1. The summed E-state index contributed by atoms with van der Waals surface area (Å²) in [6, 6.07) is 14.6. The lowest BCUT2D eigenvalue weighted by atomic mass is 10.1. The number of hydrogen-bond acceptors (Lipinski definition) is 6. The summed E-state index contributed by atoms with van der Waals surface area (Å²) in [5.41, 5.74) is 1.48. The van der Waals surface area contributed by atoms with Crippen LogP contribution in [-0.2, 0) is 11.3 Å². The van der Waals surface area contributed by atoms with Crippen LogP contribution in [0.1, 0.15) is 38.3 Å². The highest BCUT2D eigenvalue weighted by atomic mass is 35.5. The van der Waals surface area contributed by atoms with Crippen molar-refractivity contribution in [2.75, 3.05) is 31.1 Å². The number of carbonyl (C=O) groups excluding carboxylic acids is 1. The van der Waals surface area contributed by atoms with E-state index >= 15 is 0 Å². The first-order valence-electron chi connectivity index (χ1n) is 11.0. The summed E-state index contributed by atoms with van der Waals surface area (Å²) < 4.78 is 11.5. The zero-order chi connectivity index (χ0) is 24.0. The zero-order valence-corrected chi connectivity index (χ0v) is 20.0. The Morgan fingerprint density at radius 3 is 2.70 bits per heavy atom. The number of hydrogen-bond donors (Lipinski definition) is 1. The van der Waals surface area contributed by atoms with Crippen molar-refractivity contribution in [2.24, 2.45) is 0 Å². The van der Waals surface area contributed by atoms with Crippen LogP contribution in [0.5, 0.6) is 5.75 Å². The van der Waals surface area contributed by atoms with Gasteiger partial charge in [0.15, 0.2) is 0 Å². The number of nitrogens with zero attached hydrogens (tertiary/aromatic N) is 3. The largest absolute Gasteiger partial charge is 0.492 e. The highest BCUT2D eigenvalue weighted by molar-refractivity contribution is 6.30. The van der Waals surface area contributed by atoms with Crippen molar-refractivity contribution in [1.29, 1.82) is 5.26 Å². The van der Waals surface area contributed by atoms with E-state index < -0.39 is 5.60 Å². The van der Waals surface area contributed by atoms with Crippen LogP contribution < -0.4 is 9.64 Å². The molecule has 3 rings (SSSR count). The molecule has 7 nitrogen and oxygen atoms in total. The molecule has 1 aliphatic heterocycles.